The molecule has 0 aliphatic carbocycles. The van der Waals surface area contributed by atoms with Gasteiger partial charge >= 0.3 is 5.97 Å². The van der Waals surface area contributed by atoms with Crippen molar-refractivity contribution in [1.29, 1.82) is 0 Å². The van der Waals surface area contributed by atoms with Crippen molar-refractivity contribution < 1.29 is 23.9 Å². The van der Waals surface area contributed by atoms with Crippen molar-refractivity contribution in [1.82, 2.24) is 4.90 Å². The minimum absolute atomic E-state index is 0.0410. The van der Waals surface area contributed by atoms with Crippen LogP contribution in [0.1, 0.15) is 23.7 Å². The average molecular weight is 334 g/mol. The monoisotopic (exact) mass is 334 g/mol. The van der Waals surface area contributed by atoms with Crippen LogP contribution < -0.4 is 5.32 Å². The second kappa shape index (κ2) is 7.92. The molecule has 2 rings (SSSR count). The summed E-state index contributed by atoms with van der Waals surface area (Å²) in [7, 11) is 2.89. The number of carbonyl (C=O) groups excluding carboxylic acids is 3. The first kappa shape index (κ1) is 17.9. The molecule has 1 aromatic carbocycles. The maximum atomic E-state index is 12.3. The number of hydrogen-bond donors (Lipinski definition) is 1. The topological polar surface area (TPSA) is 84.9 Å². The molecule has 1 saturated heterocycles. The Bertz CT molecular complexity index is 614. The Hall–Kier alpha value is -2.41. The lowest BCUT2D eigenvalue weighted by molar-refractivity contribution is -0.130. The molecular formula is C17H22N2O5. The van der Waals surface area contributed by atoms with Crippen LogP contribution in [0.25, 0.3) is 0 Å². The molecule has 1 aromatic rings. The Morgan fingerprint density at radius 3 is 2.54 bits per heavy atom. The molecule has 0 unspecified atom stereocenters. The fourth-order valence-electron chi connectivity index (χ4n) is 2.72. The summed E-state index contributed by atoms with van der Waals surface area (Å²) >= 11 is 0. The van der Waals surface area contributed by atoms with Gasteiger partial charge in [-0.1, -0.05) is 0 Å². The third-order valence-electron chi connectivity index (χ3n) is 4.04. The van der Waals surface area contributed by atoms with Crippen LogP contribution in [-0.2, 0) is 19.1 Å². The molecule has 0 bridgehead atoms. The van der Waals surface area contributed by atoms with Crippen LogP contribution in [0.3, 0.4) is 0 Å². The Labute approximate surface area is 140 Å². The van der Waals surface area contributed by atoms with Crippen LogP contribution in [0.2, 0.25) is 0 Å². The van der Waals surface area contributed by atoms with E-state index in [-0.39, 0.29) is 24.3 Å². The zero-order valence-corrected chi connectivity index (χ0v) is 14.1. The van der Waals surface area contributed by atoms with E-state index in [9.17, 15) is 14.4 Å². The van der Waals surface area contributed by atoms with Gasteiger partial charge in [-0.3, -0.25) is 9.59 Å². The lowest BCUT2D eigenvalue weighted by Crippen LogP contribution is -2.38. The van der Waals surface area contributed by atoms with Gasteiger partial charge in [-0.25, -0.2) is 4.79 Å². The van der Waals surface area contributed by atoms with Crippen molar-refractivity contribution in [2.24, 2.45) is 5.92 Å². The SMILES string of the molecule is COC[C@H](C)N1C[C@H](C(=O)Nc2ccc(C(=O)OC)cc2)CC1=O. The van der Waals surface area contributed by atoms with E-state index < -0.39 is 11.9 Å². The van der Waals surface area contributed by atoms with Gasteiger partial charge in [0, 0.05) is 25.8 Å². The molecule has 1 heterocycles. The van der Waals surface area contributed by atoms with E-state index in [1.165, 1.54) is 7.11 Å². The summed E-state index contributed by atoms with van der Waals surface area (Å²) in [6.07, 6.45) is 0.195. The normalized spacial score (nSPS) is 18.4. The van der Waals surface area contributed by atoms with Crippen LogP contribution in [0.5, 0.6) is 0 Å². The average Bonchev–Trinajstić information content (AvgIpc) is 2.97. The summed E-state index contributed by atoms with van der Waals surface area (Å²) in [5.41, 5.74) is 0.981. The Kier molecular flexibility index (Phi) is 5.92. The van der Waals surface area contributed by atoms with Gasteiger partial charge in [-0.2, -0.15) is 0 Å². The van der Waals surface area contributed by atoms with Crippen LogP contribution in [0.4, 0.5) is 5.69 Å². The fourth-order valence-corrected chi connectivity index (χ4v) is 2.72. The highest BCUT2D eigenvalue weighted by Gasteiger charge is 2.36. The highest BCUT2D eigenvalue weighted by molar-refractivity contribution is 5.97. The molecular weight excluding hydrogens is 312 g/mol. The molecule has 1 N–H and O–H groups in total. The number of amides is 2. The minimum atomic E-state index is -0.433. The Morgan fingerprint density at radius 1 is 1.29 bits per heavy atom. The molecule has 0 aromatic heterocycles. The second-order valence-electron chi connectivity index (χ2n) is 5.81. The minimum Gasteiger partial charge on any atom is -0.465 e. The Balaban J connectivity index is 1.95. The maximum Gasteiger partial charge on any atom is 0.337 e. The van der Waals surface area contributed by atoms with Crippen LogP contribution in [-0.4, -0.2) is 56.1 Å². The number of esters is 1. The number of rotatable bonds is 6. The summed E-state index contributed by atoms with van der Waals surface area (Å²) < 4.78 is 9.69. The van der Waals surface area contributed by atoms with Crippen molar-refractivity contribution in [2.45, 2.75) is 19.4 Å². The number of likely N-dealkylation sites (tertiary alicyclic amines) is 1. The van der Waals surface area contributed by atoms with Crippen molar-refractivity contribution in [3.8, 4) is 0 Å². The van der Waals surface area contributed by atoms with Gasteiger partial charge in [0.25, 0.3) is 0 Å². The van der Waals surface area contributed by atoms with E-state index in [0.717, 1.165) is 0 Å². The van der Waals surface area contributed by atoms with E-state index in [2.05, 4.69) is 10.1 Å². The quantitative estimate of drug-likeness (QED) is 0.793. The maximum absolute atomic E-state index is 12.3. The highest BCUT2D eigenvalue weighted by atomic mass is 16.5. The third kappa shape index (κ3) is 4.11. The molecule has 1 aliphatic heterocycles. The van der Waals surface area contributed by atoms with Crippen molar-refractivity contribution in [3.63, 3.8) is 0 Å². The molecule has 0 spiro atoms. The molecule has 2 atom stereocenters. The number of methoxy groups -OCH3 is 2. The number of benzene rings is 1. The van der Waals surface area contributed by atoms with Crippen molar-refractivity contribution in [3.05, 3.63) is 29.8 Å². The van der Waals surface area contributed by atoms with E-state index in [1.807, 2.05) is 6.92 Å². The molecule has 0 saturated carbocycles. The highest BCUT2D eigenvalue weighted by Crippen LogP contribution is 2.22. The van der Waals surface area contributed by atoms with Gasteiger partial charge in [0.05, 0.1) is 31.2 Å². The first-order valence-corrected chi connectivity index (χ1v) is 7.74. The number of anilines is 1. The largest absolute Gasteiger partial charge is 0.465 e. The fraction of sp³-hybridized carbons (Fsp3) is 0.471. The van der Waals surface area contributed by atoms with Crippen LogP contribution in [0.15, 0.2) is 24.3 Å². The molecule has 130 valence electrons. The number of carbonyl (C=O) groups is 3. The summed E-state index contributed by atoms with van der Waals surface area (Å²) in [6, 6.07) is 6.36. The standard InChI is InChI=1S/C17H22N2O5/c1-11(10-23-2)19-9-13(8-15(19)20)16(21)18-14-6-4-12(5-7-14)17(22)24-3/h4-7,11,13H,8-10H2,1-3H3,(H,18,21)/t11-,13+/m0/s1. The lowest BCUT2D eigenvalue weighted by Gasteiger charge is -2.23. The van der Waals surface area contributed by atoms with E-state index in [4.69, 9.17) is 4.74 Å². The van der Waals surface area contributed by atoms with Gasteiger partial charge in [-0.05, 0) is 31.2 Å². The number of nitrogens with zero attached hydrogens (tertiary/aromatic N) is 1. The van der Waals surface area contributed by atoms with E-state index in [0.29, 0.717) is 24.4 Å². The van der Waals surface area contributed by atoms with Gasteiger partial charge in [0.1, 0.15) is 0 Å². The molecule has 2 amide bonds. The summed E-state index contributed by atoms with van der Waals surface area (Å²) in [6.45, 7) is 2.72. The second-order valence-corrected chi connectivity index (χ2v) is 5.81. The first-order chi connectivity index (χ1) is 11.5. The van der Waals surface area contributed by atoms with Crippen molar-refractivity contribution in [2.75, 3.05) is 32.7 Å². The van der Waals surface area contributed by atoms with Gasteiger partial charge in [0.15, 0.2) is 0 Å². The van der Waals surface area contributed by atoms with Gasteiger partial charge in [0.2, 0.25) is 11.8 Å². The summed E-state index contributed by atoms with van der Waals surface area (Å²) in [5, 5.41) is 2.78. The molecule has 7 nitrogen and oxygen atoms in total. The third-order valence-corrected chi connectivity index (χ3v) is 4.04. The predicted molar refractivity (Wildman–Crippen MR) is 87.6 cm³/mol. The Morgan fingerprint density at radius 2 is 1.96 bits per heavy atom. The van der Waals surface area contributed by atoms with E-state index >= 15 is 0 Å². The number of hydrogen-bond acceptors (Lipinski definition) is 5. The van der Waals surface area contributed by atoms with Gasteiger partial charge < -0.3 is 19.7 Å². The summed E-state index contributed by atoms with van der Waals surface area (Å²) in [5.74, 6) is -1.07. The summed E-state index contributed by atoms with van der Waals surface area (Å²) in [4.78, 5) is 37.5. The molecule has 7 heteroatoms. The zero-order valence-electron chi connectivity index (χ0n) is 14.1. The lowest BCUT2D eigenvalue weighted by atomic mass is 10.1. The van der Waals surface area contributed by atoms with Crippen LogP contribution >= 0.6 is 0 Å². The van der Waals surface area contributed by atoms with Crippen LogP contribution in [0, 0.1) is 5.92 Å². The molecule has 1 aliphatic rings. The first-order valence-electron chi connectivity index (χ1n) is 7.74. The number of ether oxygens (including phenoxy) is 2. The smallest absolute Gasteiger partial charge is 0.337 e. The predicted octanol–water partition coefficient (Wildman–Crippen LogP) is 1.30. The molecule has 0 radical (unpaired) electrons. The molecule has 24 heavy (non-hydrogen) atoms. The van der Waals surface area contributed by atoms with Gasteiger partial charge in [-0.15, -0.1) is 0 Å². The zero-order chi connectivity index (χ0) is 17.7. The number of nitrogens with one attached hydrogen (secondary N) is 1. The van der Waals surface area contributed by atoms with E-state index in [1.54, 1.807) is 36.3 Å². The van der Waals surface area contributed by atoms with Crippen molar-refractivity contribution >= 4 is 23.5 Å². The molecule has 1 fully saturated rings.